The number of allylic oxidation sites excluding steroid dienone is 2. The van der Waals surface area contributed by atoms with Crippen molar-refractivity contribution in [2.75, 3.05) is 5.73 Å². The Hall–Kier alpha value is -1.32. The van der Waals surface area contributed by atoms with Crippen molar-refractivity contribution in [2.24, 2.45) is 0 Å². The quantitative estimate of drug-likeness (QED) is 0.432. The summed E-state index contributed by atoms with van der Waals surface area (Å²) in [4.78, 5) is 0. The van der Waals surface area contributed by atoms with Gasteiger partial charge < -0.3 is 5.73 Å². The maximum atomic E-state index is 13.4. The fourth-order valence-corrected chi connectivity index (χ4v) is 1.16. The fourth-order valence-electron chi connectivity index (χ4n) is 1.16. The summed E-state index contributed by atoms with van der Waals surface area (Å²) in [5.41, 5.74) is 5.47. The van der Waals surface area contributed by atoms with Gasteiger partial charge in [0.15, 0.2) is 0 Å². The number of benzene rings is 1. The molecule has 0 fully saturated rings. The molecule has 0 bridgehead atoms. The van der Waals surface area contributed by atoms with Gasteiger partial charge in [0, 0.05) is 11.3 Å². The minimum atomic E-state index is -3.06. The smallest absolute Gasteiger partial charge is 0.291 e. The predicted molar refractivity (Wildman–Crippen MR) is 55.0 cm³/mol. The normalized spacial score (nSPS) is 12.2. The minimum Gasteiger partial charge on any atom is -0.399 e. The van der Waals surface area contributed by atoms with Crippen molar-refractivity contribution in [1.29, 1.82) is 0 Å². The van der Waals surface area contributed by atoms with Gasteiger partial charge >= 0.3 is 0 Å². The summed E-state index contributed by atoms with van der Waals surface area (Å²) in [6.45, 7) is 1.52. The molecule has 2 N–H and O–H groups in total. The van der Waals surface area contributed by atoms with E-state index in [1.165, 1.54) is 31.2 Å². The molecule has 0 aliphatic heterocycles. The molecule has 0 atom stereocenters. The second-order valence-electron chi connectivity index (χ2n) is 2.97. The molecule has 1 aromatic carbocycles. The lowest BCUT2D eigenvalue weighted by Gasteiger charge is -2.15. The highest BCUT2D eigenvalue weighted by molar-refractivity contribution is 6.33. The van der Waals surface area contributed by atoms with Gasteiger partial charge in [-0.2, -0.15) is 8.78 Å². The Morgan fingerprint density at radius 3 is 2.64 bits per heavy atom. The van der Waals surface area contributed by atoms with Gasteiger partial charge in [-0.15, -0.1) is 0 Å². The highest BCUT2D eigenvalue weighted by Crippen LogP contribution is 2.28. The maximum absolute atomic E-state index is 13.4. The summed E-state index contributed by atoms with van der Waals surface area (Å²) in [5.74, 6) is -3.06. The first-order valence-electron chi connectivity index (χ1n) is 4.14. The van der Waals surface area contributed by atoms with Crippen LogP contribution in [0.5, 0.6) is 0 Å². The second kappa shape index (κ2) is 3.82. The zero-order chi connectivity index (χ0) is 10.8. The zero-order valence-electron chi connectivity index (χ0n) is 7.80. The Morgan fingerprint density at radius 1 is 1.43 bits per heavy atom. The van der Waals surface area contributed by atoms with Crippen molar-refractivity contribution in [1.82, 2.24) is 0 Å². The average Bonchev–Trinajstić information content (AvgIpc) is 2.09. The van der Waals surface area contributed by atoms with Gasteiger partial charge in [-0.3, -0.25) is 0 Å². The summed E-state index contributed by atoms with van der Waals surface area (Å²) in [5, 5.41) is 0. The van der Waals surface area contributed by atoms with Crippen molar-refractivity contribution in [3.05, 3.63) is 35.9 Å². The van der Waals surface area contributed by atoms with E-state index in [0.29, 0.717) is 0 Å². The lowest BCUT2D eigenvalue weighted by molar-refractivity contribution is 0.0532. The van der Waals surface area contributed by atoms with Gasteiger partial charge in [0.2, 0.25) is 0 Å². The van der Waals surface area contributed by atoms with E-state index in [9.17, 15) is 8.78 Å². The molecule has 0 saturated heterocycles. The Kier molecular flexibility index (Phi) is 2.94. The first-order valence-corrected chi connectivity index (χ1v) is 4.14. The number of halogens is 2. The molecule has 1 rings (SSSR count). The van der Waals surface area contributed by atoms with Crippen molar-refractivity contribution in [3.63, 3.8) is 0 Å². The van der Waals surface area contributed by atoms with Crippen LogP contribution in [0.4, 0.5) is 14.5 Å². The molecule has 0 heterocycles. The molecule has 0 unspecified atom stereocenters. The van der Waals surface area contributed by atoms with Gasteiger partial charge in [0.25, 0.3) is 5.92 Å². The standard InChI is InChI=1S/C10H10BF2N/c1-2-5-10(12,13)8-6-7(14)3-4-9(8)11/h2-6H,14H2,1H3/b5-2+. The second-order valence-corrected chi connectivity index (χ2v) is 2.97. The predicted octanol–water partition coefficient (Wildman–Crippen LogP) is 1.73. The van der Waals surface area contributed by atoms with Crippen LogP contribution in [0.15, 0.2) is 30.4 Å². The van der Waals surface area contributed by atoms with Crippen LogP contribution in [-0.4, -0.2) is 7.85 Å². The highest BCUT2D eigenvalue weighted by atomic mass is 19.3. The summed E-state index contributed by atoms with van der Waals surface area (Å²) in [6, 6.07) is 4.06. The summed E-state index contributed by atoms with van der Waals surface area (Å²) >= 11 is 0. The van der Waals surface area contributed by atoms with Crippen LogP contribution in [0.1, 0.15) is 12.5 Å². The Bertz CT molecular complexity index is 361. The van der Waals surface area contributed by atoms with E-state index in [1.807, 2.05) is 0 Å². The van der Waals surface area contributed by atoms with Crippen LogP contribution >= 0.6 is 0 Å². The lowest BCUT2D eigenvalue weighted by Crippen LogP contribution is -2.22. The monoisotopic (exact) mass is 193 g/mol. The summed E-state index contributed by atoms with van der Waals surface area (Å²) in [6.07, 6.45) is 2.07. The molecule has 72 valence electrons. The average molecular weight is 193 g/mol. The number of anilines is 1. The van der Waals surface area contributed by atoms with Crippen LogP contribution in [0.3, 0.4) is 0 Å². The molecular formula is C10H10BF2N. The van der Waals surface area contributed by atoms with Crippen molar-refractivity contribution in [3.8, 4) is 0 Å². The van der Waals surface area contributed by atoms with E-state index in [2.05, 4.69) is 0 Å². The zero-order valence-corrected chi connectivity index (χ0v) is 7.80. The van der Waals surface area contributed by atoms with Crippen molar-refractivity contribution in [2.45, 2.75) is 12.8 Å². The third-order valence-electron chi connectivity index (χ3n) is 1.81. The maximum Gasteiger partial charge on any atom is 0.291 e. The Balaban J connectivity index is 3.23. The molecule has 0 aliphatic rings. The number of hydrogen-bond acceptors (Lipinski definition) is 1. The lowest BCUT2D eigenvalue weighted by atomic mass is 9.87. The van der Waals surface area contributed by atoms with Gasteiger partial charge in [-0.25, -0.2) is 0 Å². The largest absolute Gasteiger partial charge is 0.399 e. The first-order chi connectivity index (χ1) is 6.47. The molecule has 0 amide bonds. The van der Waals surface area contributed by atoms with Crippen LogP contribution < -0.4 is 11.2 Å². The first kappa shape index (κ1) is 10.8. The topological polar surface area (TPSA) is 26.0 Å². The molecule has 2 radical (unpaired) electrons. The van der Waals surface area contributed by atoms with E-state index >= 15 is 0 Å². The number of rotatable bonds is 2. The number of nitrogens with two attached hydrogens (primary N) is 1. The van der Waals surface area contributed by atoms with Crippen LogP contribution in [0, 0.1) is 0 Å². The van der Waals surface area contributed by atoms with Gasteiger partial charge in [-0.05, 0) is 25.1 Å². The van der Waals surface area contributed by atoms with Crippen molar-refractivity contribution < 1.29 is 8.78 Å². The molecule has 1 aromatic rings. The van der Waals surface area contributed by atoms with E-state index < -0.39 is 5.92 Å². The van der Waals surface area contributed by atoms with Crippen LogP contribution in [0.25, 0.3) is 0 Å². The Morgan fingerprint density at radius 2 is 2.07 bits per heavy atom. The summed E-state index contributed by atoms with van der Waals surface area (Å²) < 4.78 is 26.7. The third kappa shape index (κ3) is 2.13. The number of alkyl halides is 2. The van der Waals surface area contributed by atoms with Gasteiger partial charge in [0.1, 0.15) is 7.85 Å². The molecule has 0 spiro atoms. The number of hydrogen-bond donors (Lipinski definition) is 1. The fraction of sp³-hybridized carbons (Fsp3) is 0.200. The molecule has 4 heteroatoms. The van der Waals surface area contributed by atoms with E-state index in [4.69, 9.17) is 13.6 Å². The molecule has 14 heavy (non-hydrogen) atoms. The van der Waals surface area contributed by atoms with E-state index in [-0.39, 0.29) is 16.7 Å². The molecular weight excluding hydrogens is 183 g/mol. The molecule has 0 saturated carbocycles. The highest BCUT2D eigenvalue weighted by Gasteiger charge is 2.28. The Labute approximate surface area is 83.0 Å². The van der Waals surface area contributed by atoms with Crippen molar-refractivity contribution >= 4 is 19.0 Å². The van der Waals surface area contributed by atoms with E-state index in [1.54, 1.807) is 0 Å². The summed E-state index contributed by atoms with van der Waals surface area (Å²) in [7, 11) is 5.44. The minimum absolute atomic E-state index is 0.0438. The van der Waals surface area contributed by atoms with Gasteiger partial charge in [0.05, 0.1) is 0 Å². The van der Waals surface area contributed by atoms with Gasteiger partial charge in [-0.1, -0.05) is 17.6 Å². The SMILES string of the molecule is [B]c1ccc(N)cc1C(F)(F)/C=C/C. The molecule has 0 aromatic heterocycles. The van der Waals surface area contributed by atoms with Crippen LogP contribution in [-0.2, 0) is 5.92 Å². The van der Waals surface area contributed by atoms with Crippen LogP contribution in [0.2, 0.25) is 0 Å². The molecule has 0 aliphatic carbocycles. The third-order valence-corrected chi connectivity index (χ3v) is 1.81. The van der Waals surface area contributed by atoms with E-state index in [0.717, 1.165) is 6.08 Å². The number of nitrogen functional groups attached to an aromatic ring is 1. The molecule has 1 nitrogen and oxygen atoms in total.